The lowest BCUT2D eigenvalue weighted by molar-refractivity contribution is 0.0182. The molecule has 8 nitrogen and oxygen atoms in total. The Bertz CT molecular complexity index is 644. The highest BCUT2D eigenvalue weighted by Crippen LogP contribution is 2.30. The molecule has 26 heavy (non-hydrogen) atoms. The Labute approximate surface area is 153 Å². The molecule has 2 fully saturated rings. The highest BCUT2D eigenvalue weighted by atomic mass is 16.3. The second-order valence-corrected chi connectivity index (χ2v) is 7.90. The van der Waals surface area contributed by atoms with Crippen LogP contribution in [-0.4, -0.2) is 49.9 Å². The number of nitrogens with one attached hydrogen (secondary N) is 2. The van der Waals surface area contributed by atoms with E-state index >= 15 is 0 Å². The van der Waals surface area contributed by atoms with Crippen molar-refractivity contribution in [3.05, 3.63) is 11.8 Å². The van der Waals surface area contributed by atoms with Crippen LogP contribution < -0.4 is 16.4 Å². The van der Waals surface area contributed by atoms with E-state index in [1.807, 2.05) is 6.92 Å². The summed E-state index contributed by atoms with van der Waals surface area (Å²) in [6, 6.07) is 0.241. The third kappa shape index (κ3) is 4.82. The van der Waals surface area contributed by atoms with Crippen molar-refractivity contribution in [2.24, 2.45) is 5.73 Å². The maximum atomic E-state index is 11.7. The van der Waals surface area contributed by atoms with Crippen LogP contribution in [0, 0.1) is 0 Å². The lowest BCUT2D eigenvalue weighted by Crippen LogP contribution is -2.38. The third-order valence-electron chi connectivity index (χ3n) is 5.38. The van der Waals surface area contributed by atoms with Gasteiger partial charge in [0, 0.05) is 18.3 Å². The van der Waals surface area contributed by atoms with Crippen LogP contribution in [0.2, 0.25) is 0 Å². The van der Waals surface area contributed by atoms with Crippen LogP contribution in [0.3, 0.4) is 0 Å². The first-order chi connectivity index (χ1) is 12.3. The second kappa shape index (κ2) is 7.75. The van der Waals surface area contributed by atoms with Crippen LogP contribution in [0.25, 0.3) is 0 Å². The van der Waals surface area contributed by atoms with Crippen LogP contribution >= 0.6 is 0 Å². The summed E-state index contributed by atoms with van der Waals surface area (Å²) in [7, 11) is 0. The molecule has 0 radical (unpaired) electrons. The first-order valence-corrected chi connectivity index (χ1v) is 9.43. The van der Waals surface area contributed by atoms with Crippen molar-refractivity contribution in [2.75, 3.05) is 10.6 Å². The Balaban J connectivity index is 1.73. The molecular weight excluding hydrogens is 334 g/mol. The van der Waals surface area contributed by atoms with Crippen molar-refractivity contribution in [1.29, 1.82) is 0 Å². The topological polar surface area (TPSA) is 133 Å². The van der Waals surface area contributed by atoms with Gasteiger partial charge < -0.3 is 26.6 Å². The molecule has 1 heterocycles. The highest BCUT2D eigenvalue weighted by molar-refractivity contribution is 5.97. The molecular formula is C18H29N5O3. The van der Waals surface area contributed by atoms with Crippen LogP contribution in [-0.2, 0) is 0 Å². The predicted octanol–water partition coefficient (Wildman–Crippen LogP) is 1.40. The third-order valence-corrected chi connectivity index (χ3v) is 5.38. The minimum atomic E-state index is -0.708. The van der Waals surface area contributed by atoms with Gasteiger partial charge >= 0.3 is 0 Å². The molecule has 2 aliphatic rings. The molecule has 0 unspecified atom stereocenters. The molecule has 0 spiro atoms. The van der Waals surface area contributed by atoms with Crippen molar-refractivity contribution in [3.8, 4) is 0 Å². The SMILES string of the molecule is C[C@]1(O)CCC[C@@H](Nc2nc(N[C@H]3CC[C@H](O)CC3)ncc2C(N)=O)C1. The van der Waals surface area contributed by atoms with Crippen molar-refractivity contribution in [1.82, 2.24) is 9.97 Å². The molecule has 2 saturated carbocycles. The van der Waals surface area contributed by atoms with Crippen molar-refractivity contribution < 1.29 is 15.0 Å². The minimum Gasteiger partial charge on any atom is -0.393 e. The Hall–Kier alpha value is -1.93. The Kier molecular flexibility index (Phi) is 5.62. The van der Waals surface area contributed by atoms with E-state index in [0.717, 1.165) is 44.9 Å². The molecule has 1 aromatic rings. The van der Waals surface area contributed by atoms with Gasteiger partial charge in [0.05, 0.1) is 17.3 Å². The first kappa shape index (κ1) is 18.8. The summed E-state index contributed by atoms with van der Waals surface area (Å²) in [6.45, 7) is 1.83. The number of rotatable bonds is 5. The van der Waals surface area contributed by atoms with Gasteiger partial charge in [-0.15, -0.1) is 0 Å². The van der Waals surface area contributed by atoms with Gasteiger partial charge in [0.25, 0.3) is 5.91 Å². The molecule has 1 aromatic heterocycles. The number of aromatic nitrogens is 2. The zero-order chi connectivity index (χ0) is 18.7. The normalized spacial score (nSPS) is 32.0. The van der Waals surface area contributed by atoms with E-state index in [1.165, 1.54) is 6.20 Å². The molecule has 0 aromatic carbocycles. The Morgan fingerprint density at radius 3 is 2.62 bits per heavy atom. The highest BCUT2D eigenvalue weighted by Gasteiger charge is 2.31. The van der Waals surface area contributed by atoms with Gasteiger partial charge in [-0.2, -0.15) is 4.98 Å². The van der Waals surface area contributed by atoms with Gasteiger partial charge in [0.1, 0.15) is 5.82 Å². The number of nitrogens with zero attached hydrogens (tertiary/aromatic N) is 2. The molecule has 1 amide bonds. The fourth-order valence-corrected chi connectivity index (χ4v) is 3.93. The van der Waals surface area contributed by atoms with E-state index in [0.29, 0.717) is 18.2 Å². The maximum Gasteiger partial charge on any atom is 0.254 e. The number of carbonyl (C=O) groups is 1. The second-order valence-electron chi connectivity index (χ2n) is 7.90. The number of amides is 1. The summed E-state index contributed by atoms with van der Waals surface area (Å²) < 4.78 is 0. The smallest absolute Gasteiger partial charge is 0.254 e. The predicted molar refractivity (Wildman–Crippen MR) is 98.9 cm³/mol. The maximum absolute atomic E-state index is 11.7. The Morgan fingerprint density at radius 1 is 1.23 bits per heavy atom. The molecule has 0 aliphatic heterocycles. The van der Waals surface area contributed by atoms with E-state index in [-0.39, 0.29) is 23.8 Å². The molecule has 2 atom stereocenters. The van der Waals surface area contributed by atoms with E-state index < -0.39 is 11.5 Å². The van der Waals surface area contributed by atoms with E-state index in [2.05, 4.69) is 20.6 Å². The van der Waals surface area contributed by atoms with Crippen molar-refractivity contribution >= 4 is 17.7 Å². The van der Waals surface area contributed by atoms with E-state index in [4.69, 9.17) is 5.73 Å². The molecule has 6 N–H and O–H groups in total. The van der Waals surface area contributed by atoms with Crippen LogP contribution in [0.15, 0.2) is 6.20 Å². The average molecular weight is 363 g/mol. The average Bonchev–Trinajstić information content (AvgIpc) is 2.56. The van der Waals surface area contributed by atoms with Crippen LogP contribution in [0.4, 0.5) is 11.8 Å². The fraction of sp³-hybridized carbons (Fsp3) is 0.722. The fourth-order valence-electron chi connectivity index (χ4n) is 3.93. The number of hydrogen-bond donors (Lipinski definition) is 5. The number of carbonyl (C=O) groups excluding carboxylic acids is 1. The van der Waals surface area contributed by atoms with Crippen molar-refractivity contribution in [3.63, 3.8) is 0 Å². The summed E-state index contributed by atoms with van der Waals surface area (Å²) in [4.78, 5) is 20.4. The lowest BCUT2D eigenvalue weighted by atomic mass is 9.83. The molecule has 0 bridgehead atoms. The van der Waals surface area contributed by atoms with E-state index in [1.54, 1.807) is 0 Å². The lowest BCUT2D eigenvalue weighted by Gasteiger charge is -2.34. The zero-order valence-electron chi connectivity index (χ0n) is 15.2. The van der Waals surface area contributed by atoms with E-state index in [9.17, 15) is 15.0 Å². The number of primary amides is 1. The molecule has 144 valence electrons. The molecule has 3 rings (SSSR count). The quantitative estimate of drug-likeness (QED) is 0.534. The molecule has 2 aliphatic carbocycles. The monoisotopic (exact) mass is 363 g/mol. The van der Waals surface area contributed by atoms with Gasteiger partial charge in [-0.3, -0.25) is 4.79 Å². The van der Waals surface area contributed by atoms with Crippen LogP contribution in [0.5, 0.6) is 0 Å². The minimum absolute atomic E-state index is 0.0319. The molecule has 0 saturated heterocycles. The summed E-state index contributed by atoms with van der Waals surface area (Å²) in [6.07, 6.45) is 7.65. The van der Waals surface area contributed by atoms with Gasteiger partial charge in [0.2, 0.25) is 5.95 Å². The van der Waals surface area contributed by atoms with Gasteiger partial charge in [-0.25, -0.2) is 4.98 Å². The van der Waals surface area contributed by atoms with Gasteiger partial charge in [-0.1, -0.05) is 0 Å². The van der Waals surface area contributed by atoms with Gasteiger partial charge in [0.15, 0.2) is 0 Å². The van der Waals surface area contributed by atoms with Crippen molar-refractivity contribution in [2.45, 2.75) is 82.1 Å². The summed E-state index contributed by atoms with van der Waals surface area (Å²) in [5.41, 5.74) is 5.01. The largest absolute Gasteiger partial charge is 0.393 e. The van der Waals surface area contributed by atoms with Gasteiger partial charge in [-0.05, 0) is 58.3 Å². The number of aliphatic hydroxyl groups is 2. The standard InChI is InChI=1S/C18H29N5O3/c1-18(26)8-2-3-12(9-18)21-16-14(15(19)25)10-20-17(23-16)22-11-4-6-13(24)7-5-11/h10-13,24,26H,2-9H2,1H3,(H2,19,25)(H2,20,21,22,23)/t11-,12-,13-,18+/m1/s1. The Morgan fingerprint density at radius 2 is 1.96 bits per heavy atom. The van der Waals surface area contributed by atoms with Crippen LogP contribution in [0.1, 0.15) is 68.6 Å². The first-order valence-electron chi connectivity index (χ1n) is 9.43. The molecule has 8 heteroatoms. The zero-order valence-corrected chi connectivity index (χ0v) is 15.2. The summed E-state index contributed by atoms with van der Waals surface area (Å²) >= 11 is 0. The number of aliphatic hydroxyl groups excluding tert-OH is 1. The summed E-state index contributed by atoms with van der Waals surface area (Å²) in [5, 5.41) is 26.5. The number of anilines is 2. The number of hydrogen-bond acceptors (Lipinski definition) is 7. The number of nitrogens with two attached hydrogens (primary N) is 1. The summed E-state index contributed by atoms with van der Waals surface area (Å²) in [5.74, 6) is 0.275.